The van der Waals surface area contributed by atoms with Gasteiger partial charge in [-0.3, -0.25) is 0 Å². The van der Waals surface area contributed by atoms with E-state index in [1.807, 2.05) is 0 Å². The molecule has 1 aromatic rings. The van der Waals surface area contributed by atoms with E-state index in [0.717, 1.165) is 19.5 Å². The molecule has 0 saturated carbocycles. The zero-order valence-corrected chi connectivity index (χ0v) is 11.7. The van der Waals surface area contributed by atoms with Gasteiger partial charge in [-0.25, -0.2) is 0 Å². The number of benzene rings is 1. The van der Waals surface area contributed by atoms with Crippen LogP contribution in [0, 0.1) is 0 Å². The zero-order valence-electron chi connectivity index (χ0n) is 11.7. The molecule has 0 spiro atoms. The van der Waals surface area contributed by atoms with Crippen LogP contribution in [0.5, 0.6) is 0 Å². The Hall–Kier alpha value is -1.06. The molecule has 1 atom stereocenters. The molecular weight excluding hydrogens is 234 g/mol. The van der Waals surface area contributed by atoms with E-state index < -0.39 is 0 Å². The first kappa shape index (κ1) is 12.9. The third-order valence-electron chi connectivity index (χ3n) is 4.37. The molecule has 1 fully saturated rings. The van der Waals surface area contributed by atoms with Gasteiger partial charge in [0.25, 0.3) is 0 Å². The number of nitrogens with zero attached hydrogens (tertiary/aromatic N) is 2. The highest BCUT2D eigenvalue weighted by atomic mass is 15.2. The first-order valence-corrected chi connectivity index (χ1v) is 7.64. The zero-order chi connectivity index (χ0) is 13.1. The Bertz CT molecular complexity index is 412. The predicted molar refractivity (Wildman–Crippen MR) is 80.6 cm³/mol. The second-order valence-corrected chi connectivity index (χ2v) is 5.94. The van der Waals surface area contributed by atoms with Crippen LogP contribution in [0.3, 0.4) is 0 Å². The lowest BCUT2D eigenvalue weighted by Crippen LogP contribution is -2.44. The summed E-state index contributed by atoms with van der Waals surface area (Å²) in [7, 11) is 0. The van der Waals surface area contributed by atoms with E-state index in [1.165, 1.54) is 50.1 Å². The minimum absolute atomic E-state index is 0.293. The molecule has 0 aromatic heterocycles. The van der Waals surface area contributed by atoms with Gasteiger partial charge in [-0.05, 0) is 56.9 Å². The second-order valence-electron chi connectivity index (χ2n) is 5.94. The molecule has 0 amide bonds. The summed E-state index contributed by atoms with van der Waals surface area (Å²) in [5.41, 5.74) is 9.01. The summed E-state index contributed by atoms with van der Waals surface area (Å²) in [6, 6.07) is 9.03. The highest BCUT2D eigenvalue weighted by Crippen LogP contribution is 2.26. The standard InChI is InChI=1S/C16H25N3/c17-15-12-14-6-1-2-7-16(14)19(13-15)11-5-10-18-8-3-4-9-18/h1-2,6-7,15H,3-5,8-13,17H2. The van der Waals surface area contributed by atoms with Crippen molar-refractivity contribution >= 4 is 5.69 Å². The molecule has 3 heteroatoms. The van der Waals surface area contributed by atoms with Crippen LogP contribution < -0.4 is 10.6 Å². The monoisotopic (exact) mass is 259 g/mol. The quantitative estimate of drug-likeness (QED) is 0.896. The van der Waals surface area contributed by atoms with Gasteiger partial charge >= 0.3 is 0 Å². The van der Waals surface area contributed by atoms with E-state index >= 15 is 0 Å². The van der Waals surface area contributed by atoms with Crippen LogP contribution in [0.2, 0.25) is 0 Å². The van der Waals surface area contributed by atoms with Gasteiger partial charge in [0, 0.05) is 24.8 Å². The first-order valence-electron chi connectivity index (χ1n) is 7.64. The molecule has 2 N–H and O–H groups in total. The number of nitrogens with two attached hydrogens (primary N) is 1. The number of fused-ring (bicyclic) bond motifs is 1. The van der Waals surface area contributed by atoms with E-state index in [1.54, 1.807) is 0 Å². The Morgan fingerprint density at radius 2 is 1.89 bits per heavy atom. The van der Waals surface area contributed by atoms with Gasteiger partial charge in [-0.2, -0.15) is 0 Å². The maximum absolute atomic E-state index is 6.18. The molecule has 0 aliphatic carbocycles. The van der Waals surface area contributed by atoms with Crippen LogP contribution in [0.25, 0.3) is 0 Å². The Balaban J connectivity index is 1.58. The summed E-state index contributed by atoms with van der Waals surface area (Å²) < 4.78 is 0. The smallest absolute Gasteiger partial charge is 0.0399 e. The van der Waals surface area contributed by atoms with Gasteiger partial charge in [0.15, 0.2) is 0 Å². The fourth-order valence-corrected chi connectivity index (χ4v) is 3.42. The van der Waals surface area contributed by atoms with Crippen molar-refractivity contribution in [3.05, 3.63) is 29.8 Å². The van der Waals surface area contributed by atoms with Crippen molar-refractivity contribution < 1.29 is 0 Å². The average Bonchev–Trinajstić information content (AvgIpc) is 2.91. The van der Waals surface area contributed by atoms with Crippen molar-refractivity contribution in [2.45, 2.75) is 31.7 Å². The largest absolute Gasteiger partial charge is 0.370 e. The van der Waals surface area contributed by atoms with Crippen LogP contribution in [-0.4, -0.2) is 43.7 Å². The van der Waals surface area contributed by atoms with Gasteiger partial charge < -0.3 is 15.5 Å². The predicted octanol–water partition coefficient (Wildman–Crippen LogP) is 1.86. The highest BCUT2D eigenvalue weighted by molar-refractivity contribution is 5.56. The van der Waals surface area contributed by atoms with Crippen molar-refractivity contribution in [1.82, 2.24) is 4.90 Å². The Kier molecular flexibility index (Phi) is 4.04. The summed E-state index contributed by atoms with van der Waals surface area (Å²) in [5.74, 6) is 0. The number of hydrogen-bond donors (Lipinski definition) is 1. The van der Waals surface area contributed by atoms with Gasteiger partial charge in [0.2, 0.25) is 0 Å². The molecule has 2 aliphatic rings. The molecule has 1 unspecified atom stereocenters. The Morgan fingerprint density at radius 1 is 1.11 bits per heavy atom. The van der Waals surface area contributed by atoms with E-state index in [-0.39, 0.29) is 0 Å². The molecule has 19 heavy (non-hydrogen) atoms. The number of para-hydroxylation sites is 1. The number of anilines is 1. The lowest BCUT2D eigenvalue weighted by Gasteiger charge is -2.35. The normalized spacial score (nSPS) is 23.6. The van der Waals surface area contributed by atoms with Crippen molar-refractivity contribution in [1.29, 1.82) is 0 Å². The van der Waals surface area contributed by atoms with Crippen LogP contribution >= 0.6 is 0 Å². The third-order valence-corrected chi connectivity index (χ3v) is 4.37. The maximum Gasteiger partial charge on any atom is 0.0399 e. The Morgan fingerprint density at radius 3 is 2.74 bits per heavy atom. The molecule has 2 aliphatic heterocycles. The number of likely N-dealkylation sites (tertiary alicyclic amines) is 1. The van der Waals surface area contributed by atoms with Crippen LogP contribution in [0.15, 0.2) is 24.3 Å². The van der Waals surface area contributed by atoms with Gasteiger partial charge in [-0.15, -0.1) is 0 Å². The molecule has 2 heterocycles. The summed E-state index contributed by atoms with van der Waals surface area (Å²) in [6.45, 7) is 6.00. The fourth-order valence-electron chi connectivity index (χ4n) is 3.42. The van der Waals surface area contributed by atoms with Crippen LogP contribution in [0.1, 0.15) is 24.8 Å². The SMILES string of the molecule is NC1Cc2ccccc2N(CCCN2CCCC2)C1. The minimum atomic E-state index is 0.293. The lowest BCUT2D eigenvalue weighted by molar-refractivity contribution is 0.333. The molecule has 3 nitrogen and oxygen atoms in total. The van der Waals surface area contributed by atoms with E-state index in [0.29, 0.717) is 6.04 Å². The molecule has 1 saturated heterocycles. The summed E-state index contributed by atoms with van der Waals surface area (Å²) in [5, 5.41) is 0. The van der Waals surface area contributed by atoms with Gasteiger partial charge in [0.1, 0.15) is 0 Å². The molecule has 104 valence electrons. The van der Waals surface area contributed by atoms with E-state index in [2.05, 4.69) is 34.1 Å². The molecular formula is C16H25N3. The van der Waals surface area contributed by atoms with Gasteiger partial charge in [-0.1, -0.05) is 18.2 Å². The third kappa shape index (κ3) is 3.10. The topological polar surface area (TPSA) is 32.5 Å². The van der Waals surface area contributed by atoms with Crippen molar-refractivity contribution in [2.75, 3.05) is 37.6 Å². The highest BCUT2D eigenvalue weighted by Gasteiger charge is 2.21. The summed E-state index contributed by atoms with van der Waals surface area (Å²) in [4.78, 5) is 5.08. The number of hydrogen-bond acceptors (Lipinski definition) is 3. The van der Waals surface area contributed by atoms with Crippen molar-refractivity contribution in [2.24, 2.45) is 5.73 Å². The summed E-state index contributed by atoms with van der Waals surface area (Å²) in [6.07, 6.45) is 5.05. The second kappa shape index (κ2) is 5.93. The van der Waals surface area contributed by atoms with Gasteiger partial charge in [0.05, 0.1) is 0 Å². The van der Waals surface area contributed by atoms with Crippen LogP contribution in [-0.2, 0) is 6.42 Å². The summed E-state index contributed by atoms with van der Waals surface area (Å²) >= 11 is 0. The van der Waals surface area contributed by atoms with Crippen molar-refractivity contribution in [3.63, 3.8) is 0 Å². The average molecular weight is 259 g/mol. The maximum atomic E-state index is 6.18. The molecule has 0 radical (unpaired) electrons. The fraction of sp³-hybridized carbons (Fsp3) is 0.625. The molecule has 3 rings (SSSR count). The lowest BCUT2D eigenvalue weighted by atomic mass is 9.98. The minimum Gasteiger partial charge on any atom is -0.370 e. The van der Waals surface area contributed by atoms with E-state index in [9.17, 15) is 0 Å². The van der Waals surface area contributed by atoms with E-state index in [4.69, 9.17) is 5.73 Å². The number of rotatable bonds is 4. The Labute approximate surface area is 116 Å². The molecule has 1 aromatic carbocycles. The van der Waals surface area contributed by atoms with Crippen LogP contribution in [0.4, 0.5) is 5.69 Å². The molecule has 0 bridgehead atoms. The first-order chi connectivity index (χ1) is 9.33. The van der Waals surface area contributed by atoms with Crippen molar-refractivity contribution in [3.8, 4) is 0 Å².